The first kappa shape index (κ1) is 29.1. The molecule has 0 amide bonds. The van der Waals surface area contributed by atoms with Crippen molar-refractivity contribution in [2.24, 2.45) is 56.7 Å². The predicted molar refractivity (Wildman–Crippen MR) is 168 cm³/mol. The Labute approximate surface area is 248 Å². The number of carboxylic acid groups (broad SMARTS) is 1. The van der Waals surface area contributed by atoms with Crippen molar-refractivity contribution in [1.82, 2.24) is 0 Å². The van der Waals surface area contributed by atoms with Crippen LogP contribution in [-0.2, 0) is 0 Å². The lowest BCUT2D eigenvalue weighted by Gasteiger charge is -2.72. The first-order valence-corrected chi connectivity index (χ1v) is 16.6. The maximum Gasteiger partial charge on any atom is 0.339 e. The Morgan fingerprint density at radius 1 is 0.951 bits per heavy atom. The van der Waals surface area contributed by atoms with Gasteiger partial charge >= 0.3 is 5.97 Å². The number of phenols is 1. The molecule has 0 radical (unpaired) electrons. The van der Waals surface area contributed by atoms with Gasteiger partial charge in [0.25, 0.3) is 0 Å². The Morgan fingerprint density at radius 2 is 1.68 bits per heavy atom. The van der Waals surface area contributed by atoms with E-state index in [0.29, 0.717) is 34.0 Å². The molecule has 3 heteroatoms. The van der Waals surface area contributed by atoms with Gasteiger partial charge in [0.15, 0.2) is 0 Å². The molecule has 4 fully saturated rings. The molecule has 224 valence electrons. The summed E-state index contributed by atoms with van der Waals surface area (Å²) in [5, 5.41) is 19.9. The molecule has 5 aliphatic rings. The highest BCUT2D eigenvalue weighted by molar-refractivity contribution is 5.91. The Morgan fingerprint density at radius 3 is 2.32 bits per heavy atom. The van der Waals surface area contributed by atoms with Crippen molar-refractivity contribution < 1.29 is 15.0 Å². The molecule has 41 heavy (non-hydrogen) atoms. The van der Waals surface area contributed by atoms with Gasteiger partial charge < -0.3 is 10.2 Å². The third kappa shape index (κ3) is 3.72. The van der Waals surface area contributed by atoms with Crippen molar-refractivity contribution in [3.8, 4) is 5.75 Å². The lowest BCUT2D eigenvalue weighted by molar-refractivity contribution is -0.225. The molecular weight excluding hydrogens is 504 g/mol. The van der Waals surface area contributed by atoms with E-state index >= 15 is 0 Å². The average Bonchev–Trinajstić information content (AvgIpc) is 3.29. The Kier molecular flexibility index (Phi) is 6.54. The van der Waals surface area contributed by atoms with Crippen molar-refractivity contribution in [2.75, 3.05) is 0 Å². The summed E-state index contributed by atoms with van der Waals surface area (Å²) in [5.74, 6) is 2.36. The summed E-state index contributed by atoms with van der Waals surface area (Å²) in [6, 6.07) is 5.15. The van der Waals surface area contributed by atoms with Gasteiger partial charge in [0.1, 0.15) is 11.3 Å². The summed E-state index contributed by atoms with van der Waals surface area (Å²) in [5.41, 5.74) is 5.08. The Balaban J connectivity index is 1.37. The molecule has 1 aromatic rings. The molecule has 0 aliphatic heterocycles. The highest BCUT2D eigenvalue weighted by Crippen LogP contribution is 2.78. The normalized spacial score (nSPS) is 44.6. The molecule has 9 atom stereocenters. The van der Waals surface area contributed by atoms with Crippen molar-refractivity contribution in [3.63, 3.8) is 0 Å². The number of hydrogen-bond donors (Lipinski definition) is 2. The van der Waals surface area contributed by atoms with E-state index in [1.807, 2.05) is 6.07 Å². The maximum absolute atomic E-state index is 11.5. The van der Waals surface area contributed by atoms with E-state index in [2.05, 4.69) is 61.1 Å². The number of aromatic hydroxyl groups is 1. The maximum atomic E-state index is 11.5. The number of allylic oxidation sites excluding steroid dienone is 3. The van der Waals surface area contributed by atoms with Crippen LogP contribution in [-0.4, -0.2) is 16.2 Å². The second kappa shape index (κ2) is 9.23. The molecule has 0 aromatic heterocycles. The van der Waals surface area contributed by atoms with Gasteiger partial charge in [-0.25, -0.2) is 4.79 Å². The van der Waals surface area contributed by atoms with Gasteiger partial charge in [0, 0.05) is 0 Å². The molecule has 0 unspecified atom stereocenters. The van der Waals surface area contributed by atoms with Crippen LogP contribution in [0.4, 0.5) is 0 Å². The van der Waals surface area contributed by atoms with Crippen molar-refractivity contribution in [1.29, 1.82) is 0 Å². The van der Waals surface area contributed by atoms with E-state index in [-0.39, 0.29) is 22.1 Å². The number of carboxylic acids is 1. The number of rotatable bonds is 4. The van der Waals surface area contributed by atoms with E-state index in [1.165, 1.54) is 68.9 Å². The monoisotopic (exact) mass is 558 g/mol. The van der Waals surface area contributed by atoms with Crippen LogP contribution >= 0.6 is 0 Å². The Hall–Kier alpha value is -2.03. The molecule has 0 bridgehead atoms. The molecule has 3 nitrogen and oxygen atoms in total. The smallest absolute Gasteiger partial charge is 0.339 e. The van der Waals surface area contributed by atoms with Crippen molar-refractivity contribution in [3.05, 3.63) is 47.6 Å². The standard InChI is InChI=1S/C38H54O3/c1-9-38-19-14-25(23(2)3)32(38)28-12-13-31-35(6)17-15-27(24-10-11-26(33(40)41)29(39)22-24)34(4,5)30(35)16-18-37(31,8)36(28,7)20-21-38/h10-11,15,22,25,28,30-32,39H,2,9,12-14,16-21H2,1,3-8H3,(H,40,41)/t25-,28+,30-,31+,32+,35-,36+,37+,38+/m0/s1. The summed E-state index contributed by atoms with van der Waals surface area (Å²) < 4.78 is 0. The fraction of sp³-hybridized carbons (Fsp3) is 0.711. The molecule has 1 aromatic carbocycles. The van der Waals surface area contributed by atoms with Crippen LogP contribution in [0.2, 0.25) is 0 Å². The number of carbonyl (C=O) groups is 1. The largest absolute Gasteiger partial charge is 0.507 e. The summed E-state index contributed by atoms with van der Waals surface area (Å²) in [4.78, 5) is 11.5. The summed E-state index contributed by atoms with van der Waals surface area (Å²) >= 11 is 0. The second-order valence-electron chi connectivity index (χ2n) is 16.5. The molecule has 5 aliphatic carbocycles. The van der Waals surface area contributed by atoms with Gasteiger partial charge in [0.2, 0.25) is 0 Å². The van der Waals surface area contributed by atoms with E-state index in [1.54, 1.807) is 12.1 Å². The minimum absolute atomic E-state index is 0.0260. The van der Waals surface area contributed by atoms with Crippen LogP contribution in [0.5, 0.6) is 5.75 Å². The van der Waals surface area contributed by atoms with E-state index in [4.69, 9.17) is 0 Å². The highest BCUT2D eigenvalue weighted by Gasteiger charge is 2.70. The van der Waals surface area contributed by atoms with Gasteiger partial charge in [-0.2, -0.15) is 0 Å². The molecule has 4 saturated carbocycles. The topological polar surface area (TPSA) is 57.5 Å². The van der Waals surface area contributed by atoms with Crippen LogP contribution in [0.1, 0.15) is 129 Å². The van der Waals surface area contributed by atoms with Gasteiger partial charge in [-0.3, -0.25) is 0 Å². The summed E-state index contributed by atoms with van der Waals surface area (Å²) in [6.07, 6.45) is 15.7. The highest BCUT2D eigenvalue weighted by atomic mass is 16.4. The Bertz CT molecular complexity index is 1300. The third-order valence-corrected chi connectivity index (χ3v) is 15.1. The van der Waals surface area contributed by atoms with Crippen LogP contribution in [0.25, 0.3) is 5.57 Å². The minimum Gasteiger partial charge on any atom is -0.507 e. The van der Waals surface area contributed by atoms with E-state index in [0.717, 1.165) is 23.8 Å². The predicted octanol–water partition coefficient (Wildman–Crippen LogP) is 10.2. The zero-order valence-electron chi connectivity index (χ0n) is 26.8. The van der Waals surface area contributed by atoms with Gasteiger partial charge in [-0.05, 0) is 145 Å². The molecule has 0 saturated heterocycles. The number of fused-ring (bicyclic) bond motifs is 7. The number of hydrogen-bond acceptors (Lipinski definition) is 2. The van der Waals surface area contributed by atoms with Crippen LogP contribution in [0, 0.1) is 56.7 Å². The van der Waals surface area contributed by atoms with E-state index < -0.39 is 5.97 Å². The van der Waals surface area contributed by atoms with E-state index in [9.17, 15) is 15.0 Å². The molecule has 2 N–H and O–H groups in total. The van der Waals surface area contributed by atoms with Crippen molar-refractivity contribution in [2.45, 2.75) is 113 Å². The zero-order valence-corrected chi connectivity index (χ0v) is 26.8. The summed E-state index contributed by atoms with van der Waals surface area (Å²) in [6.45, 7) is 22.2. The minimum atomic E-state index is -1.08. The fourth-order valence-electron chi connectivity index (χ4n) is 12.9. The lowest BCUT2D eigenvalue weighted by Crippen LogP contribution is -2.65. The molecular formula is C38H54O3. The number of benzene rings is 1. The SMILES string of the molecule is C=C(C)[C@@H]1CC[C@]2(CC)CC[C@]3(C)[C@H](CC[C@@H]4[C@@]5(C)CC=C(c6ccc(C(=O)O)c(O)c6)C(C)(C)[C@@H]5CC[C@]43C)[C@@H]12. The molecule has 0 heterocycles. The van der Waals surface area contributed by atoms with Crippen LogP contribution < -0.4 is 0 Å². The third-order valence-electron chi connectivity index (χ3n) is 15.1. The summed E-state index contributed by atoms with van der Waals surface area (Å²) in [7, 11) is 0. The first-order chi connectivity index (χ1) is 19.2. The second-order valence-corrected chi connectivity index (χ2v) is 16.5. The first-order valence-electron chi connectivity index (χ1n) is 16.6. The van der Waals surface area contributed by atoms with Gasteiger partial charge in [-0.1, -0.05) is 72.3 Å². The number of aromatic carboxylic acids is 1. The average molecular weight is 559 g/mol. The zero-order chi connectivity index (χ0) is 29.8. The van der Waals surface area contributed by atoms with Crippen LogP contribution in [0.3, 0.4) is 0 Å². The quantitative estimate of drug-likeness (QED) is 0.361. The molecule has 0 spiro atoms. The lowest BCUT2D eigenvalue weighted by atomic mass is 9.32. The fourth-order valence-corrected chi connectivity index (χ4v) is 12.9. The van der Waals surface area contributed by atoms with Crippen molar-refractivity contribution >= 4 is 11.5 Å². The molecule has 6 rings (SSSR count). The van der Waals surface area contributed by atoms with Gasteiger partial charge in [-0.15, -0.1) is 0 Å². The van der Waals surface area contributed by atoms with Gasteiger partial charge in [0.05, 0.1) is 0 Å². The van der Waals surface area contributed by atoms with Crippen LogP contribution in [0.15, 0.2) is 36.4 Å².